The second-order valence-electron chi connectivity index (χ2n) is 5.51. The van der Waals surface area contributed by atoms with E-state index >= 15 is 0 Å². The maximum Gasteiger partial charge on any atom is 0.271 e. The van der Waals surface area contributed by atoms with Crippen LogP contribution >= 0.6 is 12.2 Å². The number of nitrogens with one attached hydrogen (secondary N) is 2. The van der Waals surface area contributed by atoms with Crippen molar-refractivity contribution in [2.75, 3.05) is 11.9 Å². The fraction of sp³-hybridized carbons (Fsp3) is 0.562. The summed E-state index contributed by atoms with van der Waals surface area (Å²) in [5, 5.41) is 17.6. The van der Waals surface area contributed by atoms with Crippen LogP contribution < -0.4 is 10.6 Å². The topological polar surface area (TPSA) is 67.2 Å². The molecule has 0 aliphatic carbocycles. The minimum atomic E-state index is -0.404. The Bertz CT molecular complexity index is 520. The van der Waals surface area contributed by atoms with Gasteiger partial charge in [-0.1, -0.05) is 39.2 Å². The molecule has 0 amide bonds. The molecular weight excluding hydrogens is 298 g/mol. The number of nitrogens with zero attached hydrogens (tertiary/aromatic N) is 1. The SMILES string of the molecule is CCCC[C@H](CC)CNC(=S)Nc1cc([N+](=O)[O-])ccc1C. The molecule has 2 N–H and O–H groups in total. The van der Waals surface area contributed by atoms with Gasteiger partial charge in [0.05, 0.1) is 4.92 Å². The van der Waals surface area contributed by atoms with E-state index in [9.17, 15) is 10.1 Å². The normalized spacial score (nSPS) is 11.8. The van der Waals surface area contributed by atoms with E-state index in [0.29, 0.717) is 16.7 Å². The molecule has 0 aromatic heterocycles. The molecule has 0 radical (unpaired) electrons. The minimum Gasteiger partial charge on any atom is -0.362 e. The van der Waals surface area contributed by atoms with Gasteiger partial charge in [0, 0.05) is 24.4 Å². The van der Waals surface area contributed by atoms with Crippen molar-refractivity contribution in [2.24, 2.45) is 5.92 Å². The van der Waals surface area contributed by atoms with Crippen LogP contribution in [0.15, 0.2) is 18.2 Å². The summed E-state index contributed by atoms with van der Waals surface area (Å²) in [5.41, 5.74) is 1.66. The van der Waals surface area contributed by atoms with Crippen LogP contribution in [0, 0.1) is 23.0 Å². The Kier molecular flexibility index (Phi) is 7.80. The molecule has 1 aromatic carbocycles. The molecule has 1 rings (SSSR count). The first-order valence-corrected chi connectivity index (χ1v) is 8.18. The Morgan fingerprint density at radius 3 is 2.73 bits per heavy atom. The van der Waals surface area contributed by atoms with Crippen molar-refractivity contribution in [3.05, 3.63) is 33.9 Å². The largest absolute Gasteiger partial charge is 0.362 e. The summed E-state index contributed by atoms with van der Waals surface area (Å²) >= 11 is 5.29. The maximum absolute atomic E-state index is 10.8. The molecule has 0 aliphatic rings. The molecule has 0 heterocycles. The van der Waals surface area contributed by atoms with E-state index in [1.165, 1.54) is 31.4 Å². The van der Waals surface area contributed by atoms with Gasteiger partial charge in [-0.2, -0.15) is 0 Å². The molecule has 22 heavy (non-hydrogen) atoms. The monoisotopic (exact) mass is 323 g/mol. The van der Waals surface area contributed by atoms with Gasteiger partial charge in [-0.05, 0) is 37.0 Å². The zero-order chi connectivity index (χ0) is 16.5. The number of non-ortho nitro benzene ring substituents is 1. The van der Waals surface area contributed by atoms with E-state index in [1.807, 2.05) is 6.92 Å². The summed E-state index contributed by atoms with van der Waals surface area (Å²) in [4.78, 5) is 10.4. The predicted molar refractivity (Wildman–Crippen MR) is 95.4 cm³/mol. The van der Waals surface area contributed by atoms with E-state index in [2.05, 4.69) is 24.5 Å². The average Bonchev–Trinajstić information content (AvgIpc) is 2.49. The summed E-state index contributed by atoms with van der Waals surface area (Å²) in [6, 6.07) is 4.73. The Morgan fingerprint density at radius 1 is 1.41 bits per heavy atom. The number of hydrogen-bond acceptors (Lipinski definition) is 3. The molecular formula is C16H25N3O2S. The standard InChI is InChI=1S/C16H25N3O2S/c1-4-6-7-13(5-2)11-17-16(22)18-15-10-14(19(20)21)9-8-12(15)3/h8-10,13H,4-7,11H2,1-3H3,(H2,17,18,22)/t13-/m0/s1. The molecule has 0 bridgehead atoms. The van der Waals surface area contributed by atoms with Crippen LogP contribution in [0.25, 0.3) is 0 Å². The Balaban J connectivity index is 2.57. The minimum absolute atomic E-state index is 0.0604. The van der Waals surface area contributed by atoms with Gasteiger partial charge < -0.3 is 10.6 Å². The second kappa shape index (κ2) is 9.35. The van der Waals surface area contributed by atoms with Crippen LogP contribution in [0.2, 0.25) is 0 Å². The molecule has 0 fully saturated rings. The van der Waals surface area contributed by atoms with Crippen LogP contribution in [-0.2, 0) is 0 Å². The smallest absolute Gasteiger partial charge is 0.271 e. The first-order chi connectivity index (χ1) is 10.5. The van der Waals surface area contributed by atoms with Gasteiger partial charge in [0.2, 0.25) is 0 Å². The summed E-state index contributed by atoms with van der Waals surface area (Å²) in [6.45, 7) is 7.10. The van der Waals surface area contributed by atoms with E-state index in [4.69, 9.17) is 12.2 Å². The highest BCUT2D eigenvalue weighted by molar-refractivity contribution is 7.80. The molecule has 5 nitrogen and oxygen atoms in total. The Labute approximate surface area is 137 Å². The second-order valence-corrected chi connectivity index (χ2v) is 5.92. The van der Waals surface area contributed by atoms with Gasteiger partial charge in [0.1, 0.15) is 0 Å². The summed E-state index contributed by atoms with van der Waals surface area (Å²) < 4.78 is 0. The van der Waals surface area contributed by atoms with Crippen LogP contribution in [0.1, 0.15) is 45.1 Å². The van der Waals surface area contributed by atoms with Crippen LogP contribution in [0.3, 0.4) is 0 Å². The van der Waals surface area contributed by atoms with E-state index in [1.54, 1.807) is 6.07 Å². The number of nitro benzene ring substituents is 1. The highest BCUT2D eigenvalue weighted by atomic mass is 32.1. The lowest BCUT2D eigenvalue weighted by atomic mass is 9.99. The molecule has 6 heteroatoms. The highest BCUT2D eigenvalue weighted by Gasteiger charge is 2.11. The summed E-state index contributed by atoms with van der Waals surface area (Å²) in [6.07, 6.45) is 4.74. The van der Waals surface area contributed by atoms with Crippen molar-refractivity contribution in [1.29, 1.82) is 0 Å². The van der Waals surface area contributed by atoms with Crippen molar-refractivity contribution in [1.82, 2.24) is 5.32 Å². The number of anilines is 1. The molecule has 122 valence electrons. The van der Waals surface area contributed by atoms with Crippen molar-refractivity contribution >= 4 is 28.7 Å². The fourth-order valence-corrected chi connectivity index (χ4v) is 2.40. The van der Waals surface area contributed by atoms with Crippen molar-refractivity contribution in [3.63, 3.8) is 0 Å². The predicted octanol–water partition coefficient (Wildman–Crippen LogP) is 4.41. The fourth-order valence-electron chi connectivity index (χ4n) is 2.21. The van der Waals surface area contributed by atoms with E-state index < -0.39 is 4.92 Å². The van der Waals surface area contributed by atoms with Crippen LogP contribution in [-0.4, -0.2) is 16.6 Å². The number of hydrogen-bond donors (Lipinski definition) is 2. The van der Waals surface area contributed by atoms with Crippen molar-refractivity contribution in [3.8, 4) is 0 Å². The molecule has 0 unspecified atom stereocenters. The molecule has 0 aliphatic heterocycles. The maximum atomic E-state index is 10.8. The van der Waals surface area contributed by atoms with Gasteiger partial charge in [-0.25, -0.2) is 0 Å². The third kappa shape index (κ3) is 5.97. The molecule has 0 spiro atoms. The molecule has 1 atom stereocenters. The van der Waals surface area contributed by atoms with Gasteiger partial charge in [0.15, 0.2) is 5.11 Å². The number of nitro groups is 1. The summed E-state index contributed by atoms with van der Waals surface area (Å²) in [5.74, 6) is 0.603. The number of rotatable bonds is 8. The average molecular weight is 323 g/mol. The van der Waals surface area contributed by atoms with Gasteiger partial charge in [-0.15, -0.1) is 0 Å². The van der Waals surface area contributed by atoms with Gasteiger partial charge >= 0.3 is 0 Å². The zero-order valence-corrected chi connectivity index (χ0v) is 14.3. The zero-order valence-electron chi connectivity index (χ0n) is 13.5. The summed E-state index contributed by atoms with van der Waals surface area (Å²) in [7, 11) is 0. The van der Waals surface area contributed by atoms with Gasteiger partial charge in [0.25, 0.3) is 5.69 Å². The highest BCUT2D eigenvalue weighted by Crippen LogP contribution is 2.21. The van der Waals surface area contributed by atoms with Crippen LogP contribution in [0.4, 0.5) is 11.4 Å². The number of unbranched alkanes of at least 4 members (excludes halogenated alkanes) is 1. The first kappa shape index (κ1) is 18.4. The molecule has 0 saturated heterocycles. The quantitative estimate of drug-likeness (QED) is 0.421. The Morgan fingerprint density at radius 2 is 2.14 bits per heavy atom. The molecule has 1 aromatic rings. The van der Waals surface area contributed by atoms with E-state index in [0.717, 1.165) is 18.5 Å². The van der Waals surface area contributed by atoms with Gasteiger partial charge in [-0.3, -0.25) is 10.1 Å². The lowest BCUT2D eigenvalue weighted by Gasteiger charge is -2.18. The van der Waals surface area contributed by atoms with E-state index in [-0.39, 0.29) is 5.69 Å². The lowest BCUT2D eigenvalue weighted by molar-refractivity contribution is -0.384. The van der Waals surface area contributed by atoms with Crippen LogP contribution in [0.5, 0.6) is 0 Å². The lowest BCUT2D eigenvalue weighted by Crippen LogP contribution is -2.33. The third-order valence-electron chi connectivity index (χ3n) is 3.77. The van der Waals surface area contributed by atoms with Crippen molar-refractivity contribution < 1.29 is 4.92 Å². The number of aryl methyl sites for hydroxylation is 1. The third-order valence-corrected chi connectivity index (χ3v) is 4.02. The Hall–Kier alpha value is -1.69. The van der Waals surface area contributed by atoms with Crippen molar-refractivity contribution in [2.45, 2.75) is 46.5 Å². The first-order valence-electron chi connectivity index (χ1n) is 7.77. The molecule has 0 saturated carbocycles. The number of thiocarbonyl (C=S) groups is 1. The number of benzene rings is 1.